The predicted molar refractivity (Wildman–Crippen MR) is 108 cm³/mol. The Morgan fingerprint density at radius 1 is 1.39 bits per heavy atom. The van der Waals surface area contributed by atoms with Gasteiger partial charge in [0, 0.05) is 30.8 Å². The number of likely N-dealkylation sites (tertiary alicyclic amines) is 1. The van der Waals surface area contributed by atoms with Crippen molar-refractivity contribution in [3.63, 3.8) is 0 Å². The molecule has 3 rings (SSSR count). The van der Waals surface area contributed by atoms with E-state index in [1.165, 1.54) is 24.3 Å². The predicted octanol–water partition coefficient (Wildman–Crippen LogP) is 3.53. The fourth-order valence-corrected chi connectivity index (χ4v) is 3.09. The molecule has 28 heavy (non-hydrogen) atoms. The monoisotopic (exact) mass is 383 g/mol. The van der Waals surface area contributed by atoms with Gasteiger partial charge in [0.15, 0.2) is 0 Å². The summed E-state index contributed by atoms with van der Waals surface area (Å²) in [6, 6.07) is 8.02. The van der Waals surface area contributed by atoms with Crippen LogP contribution < -0.4 is 10.1 Å². The van der Waals surface area contributed by atoms with Gasteiger partial charge in [0.1, 0.15) is 17.7 Å². The molecule has 2 heterocycles. The van der Waals surface area contributed by atoms with E-state index in [4.69, 9.17) is 4.74 Å². The molecule has 1 aromatic carbocycles. The highest BCUT2D eigenvalue weighted by Gasteiger charge is 2.28. The fourth-order valence-electron chi connectivity index (χ4n) is 3.09. The standard InChI is InChI=1S/C22H26FN3O2/c1-16(24-2)4-3-5-17-12-21(14-25-13-17)28-20-10-11-26(15-20)22(27)18-6-8-19(23)9-7-18/h3,5-9,12-14,16,20,24H,4,10-11,15H2,1-2H3/t16-,20-/m0/s1. The number of aromatic nitrogens is 1. The van der Waals surface area contributed by atoms with Crippen LogP contribution in [-0.4, -0.2) is 48.1 Å². The third-order valence-corrected chi connectivity index (χ3v) is 4.85. The zero-order valence-corrected chi connectivity index (χ0v) is 16.3. The number of amides is 1. The van der Waals surface area contributed by atoms with Crippen LogP contribution in [-0.2, 0) is 0 Å². The molecule has 1 aliphatic rings. The Morgan fingerprint density at radius 3 is 2.93 bits per heavy atom. The summed E-state index contributed by atoms with van der Waals surface area (Å²) in [7, 11) is 1.94. The van der Waals surface area contributed by atoms with Crippen molar-refractivity contribution in [1.82, 2.24) is 15.2 Å². The Morgan fingerprint density at radius 2 is 2.18 bits per heavy atom. The average molecular weight is 383 g/mol. The number of carbonyl (C=O) groups excluding carboxylic acids is 1. The zero-order valence-electron chi connectivity index (χ0n) is 16.3. The minimum atomic E-state index is -0.346. The maximum Gasteiger partial charge on any atom is 0.253 e. The highest BCUT2D eigenvalue weighted by Crippen LogP contribution is 2.21. The molecule has 148 valence electrons. The van der Waals surface area contributed by atoms with E-state index in [1.807, 2.05) is 19.2 Å². The second kappa shape index (κ2) is 9.46. The van der Waals surface area contributed by atoms with Crippen molar-refractivity contribution in [3.05, 3.63) is 65.7 Å². The van der Waals surface area contributed by atoms with Crippen LogP contribution in [0, 0.1) is 5.82 Å². The molecule has 1 amide bonds. The van der Waals surface area contributed by atoms with Crippen LogP contribution in [0.1, 0.15) is 35.7 Å². The number of nitrogens with one attached hydrogen (secondary N) is 1. The fraction of sp³-hybridized carbons (Fsp3) is 0.364. The van der Waals surface area contributed by atoms with Crippen LogP contribution in [0.25, 0.3) is 6.08 Å². The van der Waals surface area contributed by atoms with E-state index in [2.05, 4.69) is 23.3 Å². The first kappa shape index (κ1) is 20.0. The molecule has 0 bridgehead atoms. The molecule has 6 heteroatoms. The highest BCUT2D eigenvalue weighted by atomic mass is 19.1. The van der Waals surface area contributed by atoms with Crippen molar-refractivity contribution < 1.29 is 13.9 Å². The number of pyridine rings is 1. The number of halogens is 1. The molecule has 0 aliphatic carbocycles. The van der Waals surface area contributed by atoms with Crippen LogP contribution >= 0.6 is 0 Å². The lowest BCUT2D eigenvalue weighted by Crippen LogP contribution is -2.30. The van der Waals surface area contributed by atoms with E-state index in [-0.39, 0.29) is 17.8 Å². The first-order chi connectivity index (χ1) is 13.5. The minimum absolute atomic E-state index is 0.0743. The van der Waals surface area contributed by atoms with E-state index in [9.17, 15) is 9.18 Å². The van der Waals surface area contributed by atoms with Gasteiger partial charge < -0.3 is 15.0 Å². The van der Waals surface area contributed by atoms with Crippen molar-refractivity contribution in [2.75, 3.05) is 20.1 Å². The molecule has 5 nitrogen and oxygen atoms in total. The molecule has 1 saturated heterocycles. The molecule has 1 fully saturated rings. The molecule has 0 spiro atoms. The zero-order chi connectivity index (χ0) is 19.9. The van der Waals surface area contributed by atoms with Crippen molar-refractivity contribution in [1.29, 1.82) is 0 Å². The van der Waals surface area contributed by atoms with E-state index in [1.54, 1.807) is 17.3 Å². The lowest BCUT2D eigenvalue weighted by Gasteiger charge is -2.17. The Kier molecular flexibility index (Phi) is 6.76. The number of hydrogen-bond acceptors (Lipinski definition) is 4. The summed E-state index contributed by atoms with van der Waals surface area (Å²) in [4.78, 5) is 18.5. The number of carbonyl (C=O) groups is 1. The van der Waals surface area contributed by atoms with E-state index >= 15 is 0 Å². The van der Waals surface area contributed by atoms with Crippen LogP contribution in [0.3, 0.4) is 0 Å². The second-order valence-electron chi connectivity index (χ2n) is 7.07. The van der Waals surface area contributed by atoms with E-state index in [0.29, 0.717) is 30.4 Å². The summed E-state index contributed by atoms with van der Waals surface area (Å²) >= 11 is 0. The molecule has 0 unspecified atom stereocenters. The van der Waals surface area contributed by atoms with Gasteiger partial charge in [0.25, 0.3) is 5.91 Å². The van der Waals surface area contributed by atoms with Gasteiger partial charge in [0.05, 0.1) is 12.7 Å². The number of benzene rings is 1. The topological polar surface area (TPSA) is 54.5 Å². The summed E-state index contributed by atoms with van der Waals surface area (Å²) in [5.74, 6) is 0.255. The average Bonchev–Trinajstić information content (AvgIpc) is 3.16. The lowest BCUT2D eigenvalue weighted by atomic mass is 10.2. The molecule has 1 aromatic heterocycles. The summed E-state index contributed by atoms with van der Waals surface area (Å²) < 4.78 is 19.1. The molecular formula is C22H26FN3O2. The van der Waals surface area contributed by atoms with Gasteiger partial charge in [-0.3, -0.25) is 9.78 Å². The van der Waals surface area contributed by atoms with Gasteiger partial charge in [-0.05, 0) is 56.3 Å². The molecule has 0 radical (unpaired) electrons. The van der Waals surface area contributed by atoms with Crippen LogP contribution in [0.15, 0.2) is 48.8 Å². The molecule has 1 N–H and O–H groups in total. The summed E-state index contributed by atoms with van der Waals surface area (Å²) in [5, 5.41) is 3.20. The lowest BCUT2D eigenvalue weighted by molar-refractivity contribution is 0.0772. The third-order valence-electron chi connectivity index (χ3n) is 4.85. The van der Waals surface area contributed by atoms with Crippen molar-refractivity contribution >= 4 is 12.0 Å². The second-order valence-corrected chi connectivity index (χ2v) is 7.07. The Balaban J connectivity index is 1.56. The van der Waals surface area contributed by atoms with E-state index in [0.717, 1.165) is 18.4 Å². The largest absolute Gasteiger partial charge is 0.487 e. The molecule has 1 aliphatic heterocycles. The minimum Gasteiger partial charge on any atom is -0.487 e. The Labute approximate surface area is 165 Å². The van der Waals surface area contributed by atoms with E-state index < -0.39 is 0 Å². The first-order valence-corrected chi connectivity index (χ1v) is 9.55. The molecule has 2 atom stereocenters. The Hall–Kier alpha value is -2.73. The third kappa shape index (κ3) is 5.39. The smallest absolute Gasteiger partial charge is 0.253 e. The van der Waals surface area contributed by atoms with Gasteiger partial charge in [0.2, 0.25) is 0 Å². The number of ether oxygens (including phenoxy) is 1. The van der Waals surface area contributed by atoms with Crippen molar-refractivity contribution in [2.45, 2.75) is 31.9 Å². The maximum absolute atomic E-state index is 13.0. The van der Waals surface area contributed by atoms with Gasteiger partial charge in [-0.1, -0.05) is 12.2 Å². The normalized spacial score (nSPS) is 17.8. The maximum atomic E-state index is 13.0. The highest BCUT2D eigenvalue weighted by molar-refractivity contribution is 5.94. The van der Waals surface area contributed by atoms with Crippen LogP contribution in [0.2, 0.25) is 0 Å². The van der Waals surface area contributed by atoms with Crippen LogP contribution in [0.5, 0.6) is 5.75 Å². The number of hydrogen-bond donors (Lipinski definition) is 1. The number of nitrogens with zero attached hydrogens (tertiary/aromatic N) is 2. The van der Waals surface area contributed by atoms with Gasteiger partial charge in [-0.2, -0.15) is 0 Å². The molecule has 2 aromatic rings. The Bertz CT molecular complexity index is 823. The summed E-state index contributed by atoms with van der Waals surface area (Å²) in [6.45, 7) is 3.26. The van der Waals surface area contributed by atoms with Gasteiger partial charge in [-0.15, -0.1) is 0 Å². The van der Waals surface area contributed by atoms with Gasteiger partial charge in [-0.25, -0.2) is 4.39 Å². The molecule has 0 saturated carbocycles. The SMILES string of the molecule is CN[C@@H](C)CC=Cc1cncc(O[C@H]2CCN(C(=O)c3ccc(F)cc3)C2)c1. The van der Waals surface area contributed by atoms with Crippen molar-refractivity contribution in [3.8, 4) is 5.75 Å². The first-order valence-electron chi connectivity index (χ1n) is 9.55. The quantitative estimate of drug-likeness (QED) is 0.795. The molecular weight excluding hydrogens is 357 g/mol. The van der Waals surface area contributed by atoms with Gasteiger partial charge >= 0.3 is 0 Å². The van der Waals surface area contributed by atoms with Crippen LogP contribution in [0.4, 0.5) is 4.39 Å². The summed E-state index contributed by atoms with van der Waals surface area (Å²) in [5.41, 5.74) is 1.48. The number of rotatable bonds is 7. The van der Waals surface area contributed by atoms with Crippen molar-refractivity contribution in [2.24, 2.45) is 0 Å². The summed E-state index contributed by atoms with van der Waals surface area (Å²) in [6.07, 6.45) is 9.25.